The minimum absolute atomic E-state index is 0.573. The van der Waals surface area contributed by atoms with Crippen molar-refractivity contribution in [1.29, 1.82) is 0 Å². The summed E-state index contributed by atoms with van der Waals surface area (Å²) >= 11 is 2.04. The van der Waals surface area contributed by atoms with E-state index in [1.54, 1.807) is 15.3 Å². The molecule has 1 heterocycles. The van der Waals surface area contributed by atoms with Gasteiger partial charge < -0.3 is 5.32 Å². The smallest absolute Gasteiger partial charge is 0.0412 e. The standard InChI is InChI=1S/C16H25NS/c1-3-4-5-6-7-10-14(17-2)16-12-13-9-8-11-15(13)18-16/h3,12,14,17H,1,4-11H2,2H3. The molecule has 0 radical (unpaired) electrons. The summed E-state index contributed by atoms with van der Waals surface area (Å²) in [5.74, 6) is 0. The first-order valence-electron chi connectivity index (χ1n) is 7.24. The molecule has 1 aromatic heterocycles. The lowest BCUT2D eigenvalue weighted by Gasteiger charge is -2.14. The topological polar surface area (TPSA) is 12.0 Å². The van der Waals surface area contributed by atoms with Crippen LogP contribution in [0.15, 0.2) is 18.7 Å². The van der Waals surface area contributed by atoms with Gasteiger partial charge in [-0.25, -0.2) is 0 Å². The molecule has 1 aromatic rings. The number of hydrogen-bond donors (Lipinski definition) is 1. The number of unbranched alkanes of at least 4 members (excludes halogenated alkanes) is 3. The van der Waals surface area contributed by atoms with Crippen LogP contribution in [0.1, 0.15) is 59.9 Å². The van der Waals surface area contributed by atoms with Crippen LogP contribution in [0.5, 0.6) is 0 Å². The number of fused-ring (bicyclic) bond motifs is 1. The Morgan fingerprint density at radius 2 is 2.28 bits per heavy atom. The largest absolute Gasteiger partial charge is 0.312 e. The Balaban J connectivity index is 1.82. The molecule has 1 nitrogen and oxygen atoms in total. The molecular formula is C16H25NS. The van der Waals surface area contributed by atoms with Gasteiger partial charge in [0.1, 0.15) is 0 Å². The first-order valence-corrected chi connectivity index (χ1v) is 8.06. The van der Waals surface area contributed by atoms with Gasteiger partial charge in [0.05, 0.1) is 0 Å². The molecule has 2 rings (SSSR count). The van der Waals surface area contributed by atoms with Crippen LogP contribution in [-0.4, -0.2) is 7.05 Å². The molecule has 0 saturated heterocycles. The van der Waals surface area contributed by atoms with E-state index in [0.717, 1.165) is 6.42 Å². The van der Waals surface area contributed by atoms with E-state index in [0.29, 0.717) is 6.04 Å². The van der Waals surface area contributed by atoms with Gasteiger partial charge in [0.25, 0.3) is 0 Å². The SMILES string of the molecule is C=CCCCCCC(NC)c1cc2c(s1)CCC2. The highest BCUT2D eigenvalue weighted by Gasteiger charge is 2.18. The molecule has 1 unspecified atom stereocenters. The third-order valence-electron chi connectivity index (χ3n) is 3.86. The maximum absolute atomic E-state index is 3.77. The summed E-state index contributed by atoms with van der Waals surface area (Å²) < 4.78 is 0. The zero-order chi connectivity index (χ0) is 12.8. The lowest BCUT2D eigenvalue weighted by molar-refractivity contribution is 0.514. The van der Waals surface area contributed by atoms with Crippen molar-refractivity contribution >= 4 is 11.3 Å². The lowest BCUT2D eigenvalue weighted by Crippen LogP contribution is -2.15. The summed E-state index contributed by atoms with van der Waals surface area (Å²) in [5.41, 5.74) is 1.63. The summed E-state index contributed by atoms with van der Waals surface area (Å²) in [6.45, 7) is 3.77. The zero-order valence-corrected chi connectivity index (χ0v) is 12.3. The number of allylic oxidation sites excluding steroid dienone is 1. The van der Waals surface area contributed by atoms with Gasteiger partial charge >= 0.3 is 0 Å². The van der Waals surface area contributed by atoms with Crippen molar-refractivity contribution in [3.63, 3.8) is 0 Å². The van der Waals surface area contributed by atoms with Crippen LogP contribution in [0.4, 0.5) is 0 Å². The number of aryl methyl sites for hydroxylation is 2. The van der Waals surface area contributed by atoms with Gasteiger partial charge in [-0.1, -0.05) is 18.9 Å². The highest BCUT2D eigenvalue weighted by Crippen LogP contribution is 2.35. The van der Waals surface area contributed by atoms with Gasteiger partial charge in [0.2, 0.25) is 0 Å². The number of thiophene rings is 1. The third kappa shape index (κ3) is 3.46. The second-order valence-electron chi connectivity index (χ2n) is 5.22. The van der Waals surface area contributed by atoms with Crippen molar-refractivity contribution in [3.8, 4) is 0 Å². The Morgan fingerprint density at radius 3 is 3.00 bits per heavy atom. The molecule has 0 spiro atoms. The molecule has 1 atom stereocenters. The summed E-state index contributed by atoms with van der Waals surface area (Å²) in [4.78, 5) is 3.21. The van der Waals surface area contributed by atoms with Gasteiger partial charge in [0, 0.05) is 15.8 Å². The predicted molar refractivity (Wildman–Crippen MR) is 81.4 cm³/mol. The highest BCUT2D eigenvalue weighted by molar-refractivity contribution is 7.12. The average Bonchev–Trinajstić information content (AvgIpc) is 2.94. The fourth-order valence-electron chi connectivity index (χ4n) is 2.77. The summed E-state index contributed by atoms with van der Waals surface area (Å²) in [7, 11) is 2.10. The Bertz CT molecular complexity index is 359. The minimum atomic E-state index is 0.573. The second kappa shape index (κ2) is 7.10. The minimum Gasteiger partial charge on any atom is -0.312 e. The van der Waals surface area contributed by atoms with Crippen LogP contribution in [0.25, 0.3) is 0 Å². The van der Waals surface area contributed by atoms with Gasteiger partial charge in [0.15, 0.2) is 0 Å². The van der Waals surface area contributed by atoms with Crippen LogP contribution >= 0.6 is 11.3 Å². The third-order valence-corrected chi connectivity index (χ3v) is 5.21. The monoisotopic (exact) mass is 263 g/mol. The maximum Gasteiger partial charge on any atom is 0.0412 e. The average molecular weight is 263 g/mol. The fourth-order valence-corrected chi connectivity index (χ4v) is 4.17. The van der Waals surface area contributed by atoms with Crippen LogP contribution in [-0.2, 0) is 12.8 Å². The van der Waals surface area contributed by atoms with E-state index < -0.39 is 0 Å². The zero-order valence-electron chi connectivity index (χ0n) is 11.5. The van der Waals surface area contributed by atoms with Crippen molar-refractivity contribution < 1.29 is 0 Å². The number of rotatable bonds is 8. The molecule has 0 amide bonds. The molecule has 0 aliphatic heterocycles. The van der Waals surface area contributed by atoms with Crippen molar-refractivity contribution in [3.05, 3.63) is 34.0 Å². The Kier molecular flexibility index (Phi) is 5.45. The van der Waals surface area contributed by atoms with E-state index in [2.05, 4.69) is 25.0 Å². The molecule has 0 fully saturated rings. The van der Waals surface area contributed by atoms with Gasteiger partial charge in [-0.05, 0) is 57.2 Å². The van der Waals surface area contributed by atoms with Crippen LogP contribution < -0.4 is 5.32 Å². The molecule has 18 heavy (non-hydrogen) atoms. The van der Waals surface area contributed by atoms with Crippen molar-refractivity contribution in [1.82, 2.24) is 5.32 Å². The first kappa shape index (κ1) is 13.8. The molecule has 0 aromatic carbocycles. The second-order valence-corrected chi connectivity index (χ2v) is 6.39. The molecular weight excluding hydrogens is 238 g/mol. The van der Waals surface area contributed by atoms with Crippen LogP contribution in [0, 0.1) is 0 Å². The fraction of sp³-hybridized carbons (Fsp3) is 0.625. The van der Waals surface area contributed by atoms with Crippen LogP contribution in [0.2, 0.25) is 0 Å². The molecule has 2 heteroatoms. The molecule has 1 N–H and O–H groups in total. The molecule has 0 saturated carbocycles. The number of hydrogen-bond acceptors (Lipinski definition) is 2. The van der Waals surface area contributed by atoms with Crippen molar-refractivity contribution in [2.24, 2.45) is 0 Å². The quantitative estimate of drug-likeness (QED) is 0.532. The van der Waals surface area contributed by atoms with E-state index in [9.17, 15) is 0 Å². The van der Waals surface area contributed by atoms with Crippen LogP contribution in [0.3, 0.4) is 0 Å². The summed E-state index contributed by atoms with van der Waals surface area (Å²) in [6, 6.07) is 3.03. The molecule has 0 bridgehead atoms. The molecule has 1 aliphatic rings. The highest BCUT2D eigenvalue weighted by atomic mass is 32.1. The Hall–Kier alpha value is -0.600. The molecule has 1 aliphatic carbocycles. The van der Waals surface area contributed by atoms with E-state index >= 15 is 0 Å². The summed E-state index contributed by atoms with van der Waals surface area (Å²) in [5, 5.41) is 3.49. The van der Waals surface area contributed by atoms with Crippen molar-refractivity contribution in [2.75, 3.05) is 7.05 Å². The van der Waals surface area contributed by atoms with Gasteiger partial charge in [-0.15, -0.1) is 17.9 Å². The van der Waals surface area contributed by atoms with Gasteiger partial charge in [-0.3, -0.25) is 0 Å². The van der Waals surface area contributed by atoms with E-state index in [-0.39, 0.29) is 0 Å². The molecule has 100 valence electrons. The summed E-state index contributed by atoms with van der Waals surface area (Å²) in [6.07, 6.45) is 12.4. The van der Waals surface area contributed by atoms with Gasteiger partial charge in [-0.2, -0.15) is 0 Å². The predicted octanol–water partition coefficient (Wildman–Crippen LogP) is 4.63. The van der Waals surface area contributed by atoms with E-state index in [4.69, 9.17) is 0 Å². The Morgan fingerprint density at radius 1 is 1.39 bits per heavy atom. The lowest BCUT2D eigenvalue weighted by atomic mass is 10.1. The maximum atomic E-state index is 3.77. The van der Waals surface area contributed by atoms with Crippen molar-refractivity contribution in [2.45, 2.75) is 57.4 Å². The number of nitrogens with one attached hydrogen (secondary N) is 1. The first-order chi connectivity index (χ1) is 8.85. The van der Waals surface area contributed by atoms with E-state index in [1.807, 2.05) is 17.4 Å². The normalized spacial score (nSPS) is 15.6. The Labute approximate surface area is 115 Å². The van der Waals surface area contributed by atoms with E-state index in [1.165, 1.54) is 44.9 Å².